The fraction of sp³-hybridized carbons (Fsp3) is 0.409. The minimum absolute atomic E-state index is 0.0435. The fourth-order valence-corrected chi connectivity index (χ4v) is 4.07. The molecule has 1 heterocycles. The van der Waals surface area contributed by atoms with Crippen molar-refractivity contribution in [1.82, 2.24) is 10.2 Å². The maximum atomic E-state index is 12.9. The molecule has 144 valence electrons. The number of benzene rings is 2. The van der Waals surface area contributed by atoms with Crippen LogP contribution >= 0.6 is 11.8 Å². The smallest absolute Gasteiger partial charge is 0.221 e. The van der Waals surface area contributed by atoms with Crippen LogP contribution in [0.15, 0.2) is 53.4 Å². The van der Waals surface area contributed by atoms with Crippen LogP contribution in [0.1, 0.15) is 36.8 Å². The molecule has 0 radical (unpaired) electrons. The average molecular weight is 387 g/mol. The monoisotopic (exact) mass is 386 g/mol. The topological polar surface area (TPSA) is 32.3 Å². The molecule has 27 heavy (non-hydrogen) atoms. The summed E-state index contributed by atoms with van der Waals surface area (Å²) >= 11 is 1.57. The minimum Gasteiger partial charge on any atom is -0.352 e. The predicted octanol–water partition coefficient (Wildman–Crippen LogP) is 4.61. The largest absolute Gasteiger partial charge is 0.352 e. The van der Waals surface area contributed by atoms with E-state index in [0.717, 1.165) is 17.0 Å². The molecule has 0 bridgehead atoms. The molecule has 1 fully saturated rings. The number of nitrogens with one attached hydrogen (secondary N) is 1. The summed E-state index contributed by atoms with van der Waals surface area (Å²) in [5.74, 6) is 0.493. The van der Waals surface area contributed by atoms with Gasteiger partial charge in [-0.15, -0.1) is 11.8 Å². The fourth-order valence-electron chi connectivity index (χ4n) is 3.22. The van der Waals surface area contributed by atoms with Gasteiger partial charge in [0.2, 0.25) is 5.91 Å². The first-order valence-corrected chi connectivity index (χ1v) is 10.6. The van der Waals surface area contributed by atoms with E-state index in [-0.39, 0.29) is 11.7 Å². The maximum absolute atomic E-state index is 12.9. The molecule has 0 unspecified atom stereocenters. The minimum atomic E-state index is -0.237. The second-order valence-electron chi connectivity index (χ2n) is 6.98. The number of halogens is 1. The number of piperidine rings is 1. The molecule has 2 aromatic rings. The number of carbonyl (C=O) groups is 1. The van der Waals surface area contributed by atoms with Crippen LogP contribution in [-0.4, -0.2) is 29.6 Å². The van der Waals surface area contributed by atoms with Gasteiger partial charge in [0.25, 0.3) is 0 Å². The Balaban J connectivity index is 1.35. The summed E-state index contributed by atoms with van der Waals surface area (Å²) < 4.78 is 12.9. The van der Waals surface area contributed by atoms with E-state index in [1.54, 1.807) is 23.9 Å². The van der Waals surface area contributed by atoms with Crippen LogP contribution < -0.4 is 5.32 Å². The summed E-state index contributed by atoms with van der Waals surface area (Å²) in [4.78, 5) is 15.5. The zero-order chi connectivity index (χ0) is 18.9. The number of nitrogens with zero attached hydrogens (tertiary/aromatic N) is 1. The molecule has 5 heteroatoms. The molecule has 0 saturated carbocycles. The number of hydrogen-bond acceptors (Lipinski definition) is 3. The van der Waals surface area contributed by atoms with Crippen molar-refractivity contribution >= 4 is 17.7 Å². The first kappa shape index (κ1) is 19.9. The van der Waals surface area contributed by atoms with Crippen molar-refractivity contribution in [3.05, 3.63) is 65.5 Å². The van der Waals surface area contributed by atoms with Crippen molar-refractivity contribution in [3.63, 3.8) is 0 Å². The lowest BCUT2D eigenvalue weighted by Gasteiger charge is -2.26. The molecule has 0 aromatic heterocycles. The van der Waals surface area contributed by atoms with Gasteiger partial charge in [-0.2, -0.15) is 0 Å². The van der Waals surface area contributed by atoms with Crippen molar-refractivity contribution in [2.75, 3.05) is 18.8 Å². The van der Waals surface area contributed by atoms with E-state index < -0.39 is 0 Å². The second-order valence-corrected chi connectivity index (χ2v) is 8.15. The molecule has 2 aromatic carbocycles. The van der Waals surface area contributed by atoms with Crippen molar-refractivity contribution in [2.45, 2.75) is 43.7 Å². The number of hydrogen-bond donors (Lipinski definition) is 1. The van der Waals surface area contributed by atoms with Gasteiger partial charge in [0.1, 0.15) is 5.82 Å². The van der Waals surface area contributed by atoms with Crippen LogP contribution in [0, 0.1) is 5.82 Å². The first-order valence-electron chi connectivity index (χ1n) is 9.64. The van der Waals surface area contributed by atoms with Crippen LogP contribution in [0.3, 0.4) is 0 Å². The van der Waals surface area contributed by atoms with E-state index in [4.69, 9.17) is 0 Å². The molecule has 1 saturated heterocycles. The van der Waals surface area contributed by atoms with E-state index in [2.05, 4.69) is 34.5 Å². The quantitative estimate of drug-likeness (QED) is 0.673. The molecule has 3 rings (SSSR count). The van der Waals surface area contributed by atoms with Crippen LogP contribution in [0.2, 0.25) is 0 Å². The molecule has 0 atom stereocenters. The Bertz CT molecular complexity index is 712. The van der Waals surface area contributed by atoms with Gasteiger partial charge in [0.05, 0.1) is 0 Å². The first-order chi connectivity index (χ1) is 13.2. The Morgan fingerprint density at radius 3 is 2.33 bits per heavy atom. The van der Waals surface area contributed by atoms with Crippen molar-refractivity contribution in [2.24, 2.45) is 0 Å². The highest BCUT2D eigenvalue weighted by Gasteiger charge is 2.10. The molecule has 0 aliphatic carbocycles. The highest BCUT2D eigenvalue weighted by Crippen LogP contribution is 2.19. The van der Waals surface area contributed by atoms with Crippen LogP contribution in [0.25, 0.3) is 0 Å². The second kappa shape index (κ2) is 10.5. The molecule has 1 N–H and O–H groups in total. The van der Waals surface area contributed by atoms with Crippen molar-refractivity contribution in [3.8, 4) is 0 Å². The van der Waals surface area contributed by atoms with Gasteiger partial charge in [-0.25, -0.2) is 4.39 Å². The van der Waals surface area contributed by atoms with Crippen molar-refractivity contribution < 1.29 is 9.18 Å². The summed E-state index contributed by atoms with van der Waals surface area (Å²) in [7, 11) is 0. The summed E-state index contributed by atoms with van der Waals surface area (Å²) in [6.07, 6.45) is 4.43. The predicted molar refractivity (Wildman–Crippen MR) is 109 cm³/mol. The van der Waals surface area contributed by atoms with Gasteiger partial charge < -0.3 is 5.32 Å². The number of rotatable bonds is 8. The van der Waals surface area contributed by atoms with E-state index in [0.29, 0.717) is 18.7 Å². The lowest BCUT2D eigenvalue weighted by molar-refractivity contribution is -0.120. The summed E-state index contributed by atoms with van der Waals surface area (Å²) in [6, 6.07) is 14.9. The highest BCUT2D eigenvalue weighted by atomic mass is 32.2. The van der Waals surface area contributed by atoms with E-state index in [1.807, 2.05) is 0 Å². The SMILES string of the molecule is O=C(CCSc1ccc(F)cc1)NCc1ccc(CN2CCCCC2)cc1. The zero-order valence-corrected chi connectivity index (χ0v) is 16.4. The van der Waals surface area contributed by atoms with Gasteiger partial charge in [-0.1, -0.05) is 30.7 Å². The van der Waals surface area contributed by atoms with Gasteiger partial charge >= 0.3 is 0 Å². The highest BCUT2D eigenvalue weighted by molar-refractivity contribution is 7.99. The number of amides is 1. The zero-order valence-electron chi connectivity index (χ0n) is 15.6. The number of thioether (sulfide) groups is 1. The average Bonchev–Trinajstić information content (AvgIpc) is 2.70. The van der Waals surface area contributed by atoms with Gasteiger partial charge in [-0.3, -0.25) is 9.69 Å². The van der Waals surface area contributed by atoms with Gasteiger partial charge in [0.15, 0.2) is 0 Å². The Morgan fingerprint density at radius 2 is 1.63 bits per heavy atom. The lowest BCUT2D eigenvalue weighted by Crippen LogP contribution is -2.29. The molecule has 1 aliphatic rings. The standard InChI is InChI=1S/C22H27FN2OS/c23-20-8-10-21(11-9-20)27-15-12-22(26)24-16-18-4-6-19(7-5-18)17-25-13-2-1-3-14-25/h4-11H,1-3,12-17H2,(H,24,26). The Kier molecular flexibility index (Phi) is 7.72. The number of carbonyl (C=O) groups excluding carboxylic acids is 1. The van der Waals surface area contributed by atoms with E-state index in [1.165, 1.54) is 50.0 Å². The van der Waals surface area contributed by atoms with Crippen LogP contribution in [-0.2, 0) is 17.9 Å². The lowest BCUT2D eigenvalue weighted by atomic mass is 10.1. The van der Waals surface area contributed by atoms with E-state index in [9.17, 15) is 9.18 Å². The normalized spacial score (nSPS) is 14.9. The third-order valence-corrected chi connectivity index (χ3v) is 5.79. The van der Waals surface area contributed by atoms with E-state index >= 15 is 0 Å². The Hall–Kier alpha value is -1.85. The number of likely N-dealkylation sites (tertiary alicyclic amines) is 1. The summed E-state index contributed by atoms with van der Waals surface area (Å²) in [5.41, 5.74) is 2.46. The molecular formula is C22H27FN2OS. The molecule has 0 spiro atoms. The molecular weight excluding hydrogens is 359 g/mol. The molecule has 1 amide bonds. The van der Waals surface area contributed by atoms with Crippen molar-refractivity contribution in [1.29, 1.82) is 0 Å². The Labute approximate surface area is 165 Å². The van der Waals surface area contributed by atoms with Gasteiger partial charge in [-0.05, 0) is 61.3 Å². The van der Waals surface area contributed by atoms with Crippen LogP contribution in [0.4, 0.5) is 4.39 Å². The summed E-state index contributed by atoms with van der Waals surface area (Å²) in [5, 5.41) is 2.97. The maximum Gasteiger partial charge on any atom is 0.221 e. The summed E-state index contributed by atoms with van der Waals surface area (Å²) in [6.45, 7) is 3.98. The van der Waals surface area contributed by atoms with Crippen LogP contribution in [0.5, 0.6) is 0 Å². The third kappa shape index (κ3) is 7.00. The molecule has 1 aliphatic heterocycles. The third-order valence-electron chi connectivity index (χ3n) is 4.78. The van der Waals surface area contributed by atoms with Gasteiger partial charge in [0, 0.05) is 30.2 Å². The molecule has 3 nitrogen and oxygen atoms in total. The Morgan fingerprint density at radius 1 is 0.963 bits per heavy atom.